The van der Waals surface area contributed by atoms with E-state index >= 15 is 0 Å². The fourth-order valence-corrected chi connectivity index (χ4v) is 3.94. The fraction of sp³-hybridized carbons (Fsp3) is 0.650. The first-order valence-electron chi connectivity index (χ1n) is 9.12. The third-order valence-corrected chi connectivity index (χ3v) is 5.71. The molecule has 1 amide bonds. The van der Waals surface area contributed by atoms with E-state index in [1.165, 1.54) is 5.56 Å². The number of hydrogen-bond donors (Lipinski definition) is 1. The van der Waals surface area contributed by atoms with E-state index in [1.54, 1.807) is 0 Å². The van der Waals surface area contributed by atoms with Gasteiger partial charge in [-0.1, -0.05) is 17.7 Å². The Labute approximate surface area is 145 Å². The lowest BCUT2D eigenvalue weighted by molar-refractivity contribution is -0.138. The maximum absolute atomic E-state index is 13.0. The highest BCUT2D eigenvalue weighted by atomic mass is 16.5. The van der Waals surface area contributed by atoms with Crippen LogP contribution in [0.2, 0.25) is 0 Å². The van der Waals surface area contributed by atoms with E-state index in [0.717, 1.165) is 57.7 Å². The number of nitrogens with one attached hydrogen (secondary N) is 1. The smallest absolute Gasteiger partial charge is 0.247 e. The van der Waals surface area contributed by atoms with E-state index in [2.05, 4.69) is 24.4 Å². The van der Waals surface area contributed by atoms with E-state index < -0.39 is 5.54 Å². The van der Waals surface area contributed by atoms with Crippen LogP contribution in [0.4, 0.5) is 5.69 Å². The third-order valence-electron chi connectivity index (χ3n) is 5.71. The summed E-state index contributed by atoms with van der Waals surface area (Å²) >= 11 is 0. The van der Waals surface area contributed by atoms with Crippen LogP contribution in [0.1, 0.15) is 45.1 Å². The number of amides is 1. The molecule has 1 N–H and O–H groups in total. The molecule has 4 heteroatoms. The second-order valence-electron chi connectivity index (χ2n) is 8.02. The number of nitrogens with zero attached hydrogens (tertiary/aromatic N) is 1. The largest absolute Gasteiger partial charge is 0.381 e. The minimum Gasteiger partial charge on any atom is -0.381 e. The van der Waals surface area contributed by atoms with Gasteiger partial charge in [0.05, 0.1) is 0 Å². The van der Waals surface area contributed by atoms with Crippen molar-refractivity contribution in [2.45, 2.75) is 52.0 Å². The summed E-state index contributed by atoms with van der Waals surface area (Å²) in [6, 6.07) is 8.21. The third kappa shape index (κ3) is 3.75. The molecular weight excluding hydrogens is 300 g/mol. The number of carbonyl (C=O) groups excluding carboxylic acids is 1. The molecule has 2 aliphatic heterocycles. The van der Waals surface area contributed by atoms with Crippen molar-refractivity contribution in [2.75, 3.05) is 31.6 Å². The van der Waals surface area contributed by atoms with Crippen LogP contribution in [0.3, 0.4) is 0 Å². The summed E-state index contributed by atoms with van der Waals surface area (Å²) in [6.07, 6.45) is 4.53. The van der Waals surface area contributed by atoms with Crippen molar-refractivity contribution in [2.24, 2.45) is 5.41 Å². The molecule has 0 bridgehead atoms. The summed E-state index contributed by atoms with van der Waals surface area (Å²) < 4.78 is 5.51. The molecule has 2 saturated heterocycles. The highest BCUT2D eigenvalue weighted by Crippen LogP contribution is 2.41. The summed E-state index contributed by atoms with van der Waals surface area (Å²) in [5.74, 6) is 0.199. The zero-order valence-corrected chi connectivity index (χ0v) is 15.2. The van der Waals surface area contributed by atoms with E-state index in [-0.39, 0.29) is 5.91 Å². The van der Waals surface area contributed by atoms with Gasteiger partial charge in [0.25, 0.3) is 0 Å². The lowest BCUT2D eigenvalue weighted by Crippen LogP contribution is -2.54. The number of piperidine rings is 1. The number of carbonyl (C=O) groups is 1. The molecule has 0 aromatic heterocycles. The Morgan fingerprint density at radius 1 is 1.08 bits per heavy atom. The molecule has 2 fully saturated rings. The van der Waals surface area contributed by atoms with Gasteiger partial charge in [0, 0.05) is 32.0 Å². The molecule has 0 atom stereocenters. The van der Waals surface area contributed by atoms with Gasteiger partial charge in [0.1, 0.15) is 5.54 Å². The Hall–Kier alpha value is -1.55. The predicted molar refractivity (Wildman–Crippen MR) is 97.2 cm³/mol. The van der Waals surface area contributed by atoms with Crippen LogP contribution in [-0.4, -0.2) is 42.6 Å². The monoisotopic (exact) mass is 330 g/mol. The summed E-state index contributed by atoms with van der Waals surface area (Å²) in [7, 11) is 0. The molecule has 0 unspecified atom stereocenters. The average molecular weight is 330 g/mol. The van der Waals surface area contributed by atoms with Gasteiger partial charge in [0.2, 0.25) is 5.91 Å². The molecule has 1 spiro atoms. The molecule has 3 rings (SSSR count). The molecule has 0 radical (unpaired) electrons. The maximum Gasteiger partial charge on any atom is 0.247 e. The fourth-order valence-electron chi connectivity index (χ4n) is 3.94. The highest BCUT2D eigenvalue weighted by Gasteiger charge is 2.40. The van der Waals surface area contributed by atoms with E-state index in [4.69, 9.17) is 4.74 Å². The number of ether oxygens (including phenoxy) is 1. The van der Waals surface area contributed by atoms with Gasteiger partial charge in [-0.25, -0.2) is 0 Å². The first kappa shape index (κ1) is 17.3. The molecular formula is C20H30N2O2. The zero-order valence-electron chi connectivity index (χ0n) is 15.2. The Morgan fingerprint density at radius 2 is 1.67 bits per heavy atom. The minimum atomic E-state index is -0.588. The van der Waals surface area contributed by atoms with Crippen molar-refractivity contribution in [3.63, 3.8) is 0 Å². The number of rotatable bonds is 3. The topological polar surface area (TPSA) is 41.6 Å². The first-order chi connectivity index (χ1) is 11.4. The van der Waals surface area contributed by atoms with Crippen molar-refractivity contribution in [3.8, 4) is 0 Å². The molecule has 1 aromatic carbocycles. The normalized spacial score (nSPS) is 20.9. The van der Waals surface area contributed by atoms with Crippen molar-refractivity contribution in [1.29, 1.82) is 0 Å². The van der Waals surface area contributed by atoms with Crippen molar-refractivity contribution in [1.82, 2.24) is 4.90 Å². The quantitative estimate of drug-likeness (QED) is 0.920. The summed E-state index contributed by atoms with van der Waals surface area (Å²) in [6.45, 7) is 9.54. The van der Waals surface area contributed by atoms with Crippen molar-refractivity contribution < 1.29 is 9.53 Å². The van der Waals surface area contributed by atoms with Crippen LogP contribution in [0.5, 0.6) is 0 Å². The SMILES string of the molecule is Cc1ccc(NC(C)(C)C(=O)N2CCC3(CCOCC3)CC2)cc1. The van der Waals surface area contributed by atoms with Gasteiger partial charge in [-0.15, -0.1) is 0 Å². The molecule has 4 nitrogen and oxygen atoms in total. The molecule has 132 valence electrons. The van der Waals surface area contributed by atoms with E-state index in [0.29, 0.717) is 5.41 Å². The Bertz CT molecular complexity index is 564. The zero-order chi connectivity index (χ0) is 17.2. The standard InChI is InChI=1S/C20H30N2O2/c1-16-4-6-17(7-5-16)21-19(2,3)18(23)22-12-8-20(9-13-22)10-14-24-15-11-20/h4-7,21H,8-15H2,1-3H3. The van der Waals surface area contributed by atoms with Gasteiger partial charge < -0.3 is 15.0 Å². The van der Waals surface area contributed by atoms with Crippen LogP contribution < -0.4 is 5.32 Å². The van der Waals surface area contributed by atoms with Gasteiger partial charge >= 0.3 is 0 Å². The van der Waals surface area contributed by atoms with Crippen molar-refractivity contribution >= 4 is 11.6 Å². The molecule has 24 heavy (non-hydrogen) atoms. The van der Waals surface area contributed by atoms with Crippen LogP contribution in [0.25, 0.3) is 0 Å². The Balaban J connectivity index is 1.60. The second-order valence-corrected chi connectivity index (χ2v) is 8.02. The number of aryl methyl sites for hydroxylation is 1. The number of hydrogen-bond acceptors (Lipinski definition) is 3. The second kappa shape index (κ2) is 6.75. The Morgan fingerprint density at radius 3 is 2.25 bits per heavy atom. The molecule has 2 heterocycles. The van der Waals surface area contributed by atoms with Crippen LogP contribution in [0, 0.1) is 12.3 Å². The van der Waals surface area contributed by atoms with Gasteiger partial charge in [-0.2, -0.15) is 0 Å². The van der Waals surface area contributed by atoms with E-state index in [9.17, 15) is 4.79 Å². The van der Waals surface area contributed by atoms with Gasteiger partial charge in [0.15, 0.2) is 0 Å². The van der Waals surface area contributed by atoms with Crippen molar-refractivity contribution in [3.05, 3.63) is 29.8 Å². The van der Waals surface area contributed by atoms with Crippen LogP contribution >= 0.6 is 0 Å². The van der Waals surface area contributed by atoms with Gasteiger partial charge in [-0.05, 0) is 64.0 Å². The average Bonchev–Trinajstić information content (AvgIpc) is 2.58. The predicted octanol–water partition coefficient (Wildman–Crippen LogP) is 3.60. The molecule has 2 aliphatic rings. The van der Waals surface area contributed by atoms with Gasteiger partial charge in [-0.3, -0.25) is 4.79 Å². The summed E-state index contributed by atoms with van der Waals surface area (Å²) in [5, 5.41) is 3.40. The molecule has 0 aliphatic carbocycles. The van der Waals surface area contributed by atoms with Crippen LogP contribution in [-0.2, 0) is 9.53 Å². The number of anilines is 1. The Kier molecular flexibility index (Phi) is 4.86. The summed E-state index contributed by atoms with van der Waals surface area (Å²) in [5.41, 5.74) is 2.05. The molecule has 1 aromatic rings. The first-order valence-corrected chi connectivity index (χ1v) is 9.12. The lowest BCUT2D eigenvalue weighted by atomic mass is 9.72. The molecule has 0 saturated carbocycles. The maximum atomic E-state index is 13.0. The van der Waals surface area contributed by atoms with E-state index in [1.807, 2.05) is 30.9 Å². The number of likely N-dealkylation sites (tertiary alicyclic amines) is 1. The minimum absolute atomic E-state index is 0.199. The number of benzene rings is 1. The van der Waals surface area contributed by atoms with Crippen LogP contribution in [0.15, 0.2) is 24.3 Å². The highest BCUT2D eigenvalue weighted by molar-refractivity contribution is 5.88. The summed E-state index contributed by atoms with van der Waals surface area (Å²) in [4.78, 5) is 15.0. The lowest BCUT2D eigenvalue weighted by Gasteiger charge is -2.45.